The van der Waals surface area contributed by atoms with Crippen molar-refractivity contribution in [2.75, 3.05) is 13.2 Å². The summed E-state index contributed by atoms with van der Waals surface area (Å²) in [5.74, 6) is -3.11. The molecule has 12 nitrogen and oxygen atoms in total. The molecule has 1 rings (SSSR count). The van der Waals surface area contributed by atoms with Gasteiger partial charge in [-0.15, -0.1) is 0 Å². The molecule has 1 saturated heterocycles. The van der Waals surface area contributed by atoms with Crippen molar-refractivity contribution in [2.24, 2.45) is 0 Å². The van der Waals surface area contributed by atoms with Gasteiger partial charge in [0, 0.05) is 19.3 Å². The highest BCUT2D eigenvalue weighted by Gasteiger charge is 2.50. The Morgan fingerprint density at radius 1 is 0.440 bits per heavy atom. The molecule has 3 N–H and O–H groups in total. The molecular weight excluding hydrogens is 949 g/mol. The first-order valence-corrected chi connectivity index (χ1v) is 31.0. The topological polar surface area (TPSA) is 175 Å². The molecule has 0 radical (unpaired) electrons. The number of unbranched alkanes of at least 4 members (excludes halogenated alkanes) is 33. The van der Waals surface area contributed by atoms with Gasteiger partial charge in [0.1, 0.15) is 18.8 Å². The minimum atomic E-state index is -1.90. The lowest BCUT2D eigenvalue weighted by atomic mass is 9.98. The fourth-order valence-corrected chi connectivity index (χ4v) is 9.39. The van der Waals surface area contributed by atoms with Gasteiger partial charge in [-0.05, 0) is 77.0 Å². The number of allylic oxidation sites excluding steroid dienone is 6. The van der Waals surface area contributed by atoms with E-state index in [0.29, 0.717) is 19.3 Å². The minimum absolute atomic E-state index is 0.0536. The zero-order chi connectivity index (χ0) is 54.7. The lowest BCUT2D eigenvalue weighted by molar-refractivity contribution is -0.301. The largest absolute Gasteiger partial charge is 0.479 e. The summed E-state index contributed by atoms with van der Waals surface area (Å²) in [5.41, 5.74) is 0. The van der Waals surface area contributed by atoms with Crippen LogP contribution in [0.5, 0.6) is 0 Å². The number of carboxylic acids is 1. The van der Waals surface area contributed by atoms with Crippen LogP contribution < -0.4 is 0 Å². The summed E-state index contributed by atoms with van der Waals surface area (Å²) in [6, 6.07) is 0. The van der Waals surface area contributed by atoms with Gasteiger partial charge in [-0.1, -0.05) is 231 Å². The average Bonchev–Trinajstić information content (AvgIpc) is 3.39. The van der Waals surface area contributed by atoms with E-state index >= 15 is 0 Å². The van der Waals surface area contributed by atoms with Crippen LogP contribution in [0, 0.1) is 0 Å². The number of carbonyl (C=O) groups is 4. The number of hydrogen-bond donors (Lipinski definition) is 3. The third-order valence-corrected chi connectivity index (χ3v) is 14.2. The fraction of sp³-hybridized carbons (Fsp3) is 0.841. The molecule has 6 atom stereocenters. The van der Waals surface area contributed by atoms with E-state index in [0.717, 1.165) is 116 Å². The summed E-state index contributed by atoms with van der Waals surface area (Å²) in [5, 5.41) is 31.5. The van der Waals surface area contributed by atoms with Crippen LogP contribution in [0.15, 0.2) is 36.5 Å². The molecule has 0 aromatic heterocycles. The molecule has 1 heterocycles. The van der Waals surface area contributed by atoms with Crippen molar-refractivity contribution in [3.05, 3.63) is 36.5 Å². The lowest BCUT2D eigenvalue weighted by Crippen LogP contribution is -2.61. The summed E-state index contributed by atoms with van der Waals surface area (Å²) in [7, 11) is 0. The van der Waals surface area contributed by atoms with Gasteiger partial charge in [-0.2, -0.15) is 0 Å². The van der Waals surface area contributed by atoms with E-state index in [1.165, 1.54) is 116 Å². The quantitative estimate of drug-likeness (QED) is 0.0228. The van der Waals surface area contributed by atoms with E-state index in [1.807, 2.05) is 0 Å². The maximum atomic E-state index is 13.1. The van der Waals surface area contributed by atoms with Gasteiger partial charge in [0.05, 0.1) is 6.61 Å². The van der Waals surface area contributed by atoms with E-state index in [9.17, 15) is 34.5 Å². The molecule has 0 aromatic rings. The molecule has 0 aromatic carbocycles. The summed E-state index contributed by atoms with van der Waals surface area (Å²) in [6.45, 7) is 5.97. The molecule has 0 spiro atoms. The van der Waals surface area contributed by atoms with Crippen LogP contribution >= 0.6 is 0 Å². The third-order valence-electron chi connectivity index (χ3n) is 14.2. The first-order chi connectivity index (χ1) is 36.6. The van der Waals surface area contributed by atoms with Crippen molar-refractivity contribution in [2.45, 2.75) is 327 Å². The summed E-state index contributed by atoms with van der Waals surface area (Å²) in [4.78, 5) is 51.2. The second-order valence-corrected chi connectivity index (χ2v) is 21.3. The summed E-state index contributed by atoms with van der Waals surface area (Å²) in [6.07, 6.45) is 48.2. The van der Waals surface area contributed by atoms with Crippen LogP contribution in [0.2, 0.25) is 0 Å². The van der Waals surface area contributed by atoms with E-state index < -0.39 is 67.3 Å². The van der Waals surface area contributed by atoms with Gasteiger partial charge in [-0.25, -0.2) is 4.79 Å². The number of aliphatic carboxylic acids is 1. The van der Waals surface area contributed by atoms with Crippen LogP contribution in [0.4, 0.5) is 0 Å². The third kappa shape index (κ3) is 41.7. The predicted octanol–water partition coefficient (Wildman–Crippen LogP) is 16.0. The molecular formula is C63H112O12. The van der Waals surface area contributed by atoms with Crippen molar-refractivity contribution < 1.29 is 58.2 Å². The molecule has 1 fully saturated rings. The zero-order valence-electron chi connectivity index (χ0n) is 48.1. The van der Waals surface area contributed by atoms with Crippen LogP contribution in [-0.4, -0.2) is 89.2 Å². The van der Waals surface area contributed by atoms with Crippen molar-refractivity contribution >= 4 is 23.9 Å². The number of hydrogen-bond acceptors (Lipinski definition) is 11. The lowest BCUT2D eigenvalue weighted by Gasteiger charge is -2.40. The highest BCUT2D eigenvalue weighted by atomic mass is 16.7. The average molecular weight is 1060 g/mol. The minimum Gasteiger partial charge on any atom is -0.479 e. The Kier molecular flexibility index (Phi) is 48.2. The predicted molar refractivity (Wildman–Crippen MR) is 303 cm³/mol. The van der Waals surface area contributed by atoms with Gasteiger partial charge >= 0.3 is 23.9 Å². The Bertz CT molecular complexity index is 1450. The molecule has 436 valence electrons. The van der Waals surface area contributed by atoms with E-state index in [1.54, 1.807) is 0 Å². The van der Waals surface area contributed by atoms with Gasteiger partial charge in [0.25, 0.3) is 0 Å². The molecule has 1 aliphatic rings. The van der Waals surface area contributed by atoms with Crippen molar-refractivity contribution in [1.29, 1.82) is 0 Å². The van der Waals surface area contributed by atoms with Crippen LogP contribution in [-0.2, 0) is 42.9 Å². The Morgan fingerprint density at radius 3 is 1.25 bits per heavy atom. The number of aliphatic hydroxyl groups excluding tert-OH is 2. The first-order valence-electron chi connectivity index (χ1n) is 31.0. The van der Waals surface area contributed by atoms with Gasteiger partial charge in [0.2, 0.25) is 0 Å². The maximum absolute atomic E-state index is 13.1. The van der Waals surface area contributed by atoms with Gasteiger partial charge in [0.15, 0.2) is 24.6 Å². The van der Waals surface area contributed by atoms with Crippen LogP contribution in [0.25, 0.3) is 0 Å². The Morgan fingerprint density at radius 2 is 0.800 bits per heavy atom. The molecule has 0 aliphatic carbocycles. The van der Waals surface area contributed by atoms with Crippen molar-refractivity contribution in [1.82, 2.24) is 0 Å². The highest BCUT2D eigenvalue weighted by molar-refractivity contribution is 5.74. The number of esters is 3. The number of rotatable bonds is 53. The Balaban J connectivity index is 2.67. The summed E-state index contributed by atoms with van der Waals surface area (Å²) >= 11 is 0. The van der Waals surface area contributed by atoms with Crippen molar-refractivity contribution in [3.63, 3.8) is 0 Å². The van der Waals surface area contributed by atoms with Gasteiger partial charge < -0.3 is 39.0 Å². The van der Waals surface area contributed by atoms with Crippen LogP contribution in [0.3, 0.4) is 0 Å². The SMILES string of the molecule is CCCCC/C=C\C/C=C\CCCCCCCCCC(=O)OC1C(OCC(COC(=O)CCCCCCCCCCCCCCCCC)OC(=O)CCCCCCC/C=C\CCCCCC)OC(C(=O)O)C(O)C1O. The molecule has 0 amide bonds. The molecule has 0 saturated carbocycles. The van der Waals surface area contributed by atoms with E-state index in [4.69, 9.17) is 23.7 Å². The standard InChI is InChI=1S/C63H112O12/c1-4-7-10-13-16-19-22-25-27-28-30-33-36-39-42-45-48-51-57(66)74-61-59(68)58(67)60(62(69)70)75-63(61)72-53-54(73-56(65)50-47-44-41-38-35-31-24-21-18-15-12-9-6-3)52-71-55(64)49-46-43-40-37-34-32-29-26-23-20-17-14-11-8-5-2/h16,19,21,24-25,27,54,58-61,63,67-68H,4-15,17-18,20,22-23,26,28-53H2,1-3H3,(H,69,70)/b19-16-,24-21-,27-25-. The highest BCUT2D eigenvalue weighted by Crippen LogP contribution is 2.27. The second-order valence-electron chi connectivity index (χ2n) is 21.3. The van der Waals surface area contributed by atoms with Crippen LogP contribution in [0.1, 0.15) is 290 Å². The first kappa shape index (κ1) is 70.0. The fourth-order valence-electron chi connectivity index (χ4n) is 9.39. The Labute approximate surface area is 457 Å². The smallest absolute Gasteiger partial charge is 0.335 e. The molecule has 1 aliphatic heterocycles. The van der Waals surface area contributed by atoms with E-state index in [-0.39, 0.29) is 25.9 Å². The monoisotopic (exact) mass is 1060 g/mol. The van der Waals surface area contributed by atoms with E-state index in [2.05, 4.69) is 57.2 Å². The Hall–Kier alpha value is -3.06. The van der Waals surface area contributed by atoms with Crippen molar-refractivity contribution in [3.8, 4) is 0 Å². The normalized spacial score (nSPS) is 18.3. The molecule has 75 heavy (non-hydrogen) atoms. The number of carboxylic acid groups (broad SMARTS) is 1. The van der Waals surface area contributed by atoms with Gasteiger partial charge in [-0.3, -0.25) is 14.4 Å². The second kappa shape index (κ2) is 51.7. The number of carbonyl (C=O) groups excluding carboxylic acids is 3. The maximum Gasteiger partial charge on any atom is 0.335 e. The molecule has 0 bridgehead atoms. The molecule has 6 unspecified atom stereocenters. The zero-order valence-corrected chi connectivity index (χ0v) is 48.1. The molecule has 12 heteroatoms. The summed E-state index contributed by atoms with van der Waals surface area (Å²) < 4.78 is 28.5. The number of ether oxygens (including phenoxy) is 5. The number of aliphatic hydroxyl groups is 2.